The van der Waals surface area contributed by atoms with Gasteiger partial charge in [-0.2, -0.15) is 5.10 Å². The zero-order valence-corrected chi connectivity index (χ0v) is 13.7. The molecule has 3 heterocycles. The van der Waals surface area contributed by atoms with Crippen LogP contribution in [0.25, 0.3) is 5.65 Å². The molecule has 0 saturated carbocycles. The van der Waals surface area contributed by atoms with Gasteiger partial charge >= 0.3 is 0 Å². The first-order valence-electron chi connectivity index (χ1n) is 7.76. The van der Waals surface area contributed by atoms with E-state index in [0.717, 1.165) is 18.4 Å². The lowest BCUT2D eigenvalue weighted by atomic mass is 9.81. The van der Waals surface area contributed by atoms with Crippen molar-refractivity contribution in [3.8, 4) is 0 Å². The third-order valence-electron chi connectivity index (χ3n) is 4.47. The Morgan fingerprint density at radius 1 is 1.35 bits per heavy atom. The molecule has 1 fully saturated rings. The summed E-state index contributed by atoms with van der Waals surface area (Å²) >= 11 is 0. The van der Waals surface area contributed by atoms with Gasteiger partial charge in [0.2, 0.25) is 5.91 Å². The molecular formula is C16H21N5O2. The summed E-state index contributed by atoms with van der Waals surface area (Å²) in [5.74, 6) is -0.144. The first-order valence-corrected chi connectivity index (χ1v) is 7.76. The second-order valence-electron chi connectivity index (χ2n) is 6.43. The van der Waals surface area contributed by atoms with E-state index in [4.69, 9.17) is 0 Å². The largest absolute Gasteiger partial charge is 0.359 e. The van der Waals surface area contributed by atoms with Crippen LogP contribution in [0.3, 0.4) is 0 Å². The standard InChI is InChI=1S/C16H21N5O2/c1-11-7-18-13-12(8-19-21(13)9-11)14(22)20-6-4-5-16(2,10-20)15(23)17-3/h7-9H,4-6,10H2,1-3H3,(H,17,23)/t16-/m1/s1. The number of carbonyl (C=O) groups is 2. The summed E-state index contributed by atoms with van der Waals surface area (Å²) in [7, 11) is 1.63. The summed E-state index contributed by atoms with van der Waals surface area (Å²) in [6, 6.07) is 0. The number of rotatable bonds is 2. The van der Waals surface area contributed by atoms with Gasteiger partial charge in [-0.3, -0.25) is 9.59 Å². The molecule has 0 bridgehead atoms. The van der Waals surface area contributed by atoms with Crippen molar-refractivity contribution in [2.24, 2.45) is 5.41 Å². The van der Waals surface area contributed by atoms with Gasteiger partial charge in [-0.05, 0) is 32.3 Å². The molecule has 7 heteroatoms. The summed E-state index contributed by atoms with van der Waals surface area (Å²) in [5.41, 5.74) is 1.46. The molecule has 0 unspecified atom stereocenters. The zero-order chi connectivity index (χ0) is 16.6. The van der Waals surface area contributed by atoms with Crippen molar-refractivity contribution in [1.82, 2.24) is 24.8 Å². The molecule has 2 aromatic rings. The predicted molar refractivity (Wildman–Crippen MR) is 85.0 cm³/mol. The first-order chi connectivity index (χ1) is 10.9. The molecule has 0 aromatic carbocycles. The van der Waals surface area contributed by atoms with E-state index in [1.54, 1.807) is 28.9 Å². The van der Waals surface area contributed by atoms with Gasteiger partial charge in [0.25, 0.3) is 5.91 Å². The predicted octanol–water partition coefficient (Wildman–Crippen LogP) is 1.03. The highest BCUT2D eigenvalue weighted by Gasteiger charge is 2.39. The van der Waals surface area contributed by atoms with Crippen LogP contribution in [-0.4, -0.2) is 51.4 Å². The molecule has 1 N–H and O–H groups in total. The summed E-state index contributed by atoms with van der Waals surface area (Å²) in [6.45, 7) is 4.89. The molecule has 2 aromatic heterocycles. The fourth-order valence-electron chi connectivity index (χ4n) is 3.19. The molecular weight excluding hydrogens is 294 g/mol. The van der Waals surface area contributed by atoms with Crippen LogP contribution in [0.4, 0.5) is 0 Å². The Labute approximate surface area is 134 Å². The van der Waals surface area contributed by atoms with E-state index in [9.17, 15) is 9.59 Å². The lowest BCUT2D eigenvalue weighted by Crippen LogP contribution is -2.51. The van der Waals surface area contributed by atoms with Crippen molar-refractivity contribution < 1.29 is 9.59 Å². The number of nitrogens with one attached hydrogen (secondary N) is 1. The monoisotopic (exact) mass is 315 g/mol. The van der Waals surface area contributed by atoms with E-state index >= 15 is 0 Å². The number of hydrogen-bond acceptors (Lipinski definition) is 4. The van der Waals surface area contributed by atoms with Gasteiger partial charge in [0.15, 0.2) is 5.65 Å². The van der Waals surface area contributed by atoms with Gasteiger partial charge < -0.3 is 10.2 Å². The van der Waals surface area contributed by atoms with Gasteiger partial charge in [0, 0.05) is 32.5 Å². The van der Waals surface area contributed by atoms with Gasteiger partial charge in [0.05, 0.1) is 11.6 Å². The molecule has 1 aliphatic rings. The Balaban J connectivity index is 1.88. The molecule has 2 amide bonds. The van der Waals surface area contributed by atoms with E-state index in [2.05, 4.69) is 15.4 Å². The highest BCUT2D eigenvalue weighted by atomic mass is 16.2. The minimum Gasteiger partial charge on any atom is -0.359 e. The Kier molecular flexibility index (Phi) is 3.79. The molecule has 0 radical (unpaired) electrons. The Morgan fingerprint density at radius 3 is 2.87 bits per heavy atom. The van der Waals surface area contributed by atoms with E-state index < -0.39 is 5.41 Å². The van der Waals surface area contributed by atoms with Gasteiger partial charge in [0.1, 0.15) is 5.56 Å². The van der Waals surface area contributed by atoms with Crippen molar-refractivity contribution in [2.75, 3.05) is 20.1 Å². The maximum atomic E-state index is 12.9. The van der Waals surface area contributed by atoms with Crippen LogP contribution >= 0.6 is 0 Å². The molecule has 7 nitrogen and oxygen atoms in total. The van der Waals surface area contributed by atoms with Gasteiger partial charge in [-0.15, -0.1) is 0 Å². The lowest BCUT2D eigenvalue weighted by Gasteiger charge is -2.38. The van der Waals surface area contributed by atoms with E-state index in [-0.39, 0.29) is 11.8 Å². The molecule has 1 aliphatic heterocycles. The number of likely N-dealkylation sites (tertiary alicyclic amines) is 1. The van der Waals surface area contributed by atoms with Crippen molar-refractivity contribution in [2.45, 2.75) is 26.7 Å². The van der Waals surface area contributed by atoms with Crippen molar-refractivity contribution in [3.63, 3.8) is 0 Å². The zero-order valence-electron chi connectivity index (χ0n) is 13.7. The van der Waals surface area contributed by atoms with Crippen LogP contribution < -0.4 is 5.32 Å². The first kappa shape index (κ1) is 15.5. The van der Waals surface area contributed by atoms with E-state index in [0.29, 0.717) is 24.3 Å². The maximum absolute atomic E-state index is 12.9. The van der Waals surface area contributed by atoms with Crippen LogP contribution in [0.5, 0.6) is 0 Å². The molecule has 0 aliphatic carbocycles. The van der Waals surface area contributed by atoms with E-state index in [1.165, 1.54) is 0 Å². The van der Waals surface area contributed by atoms with Crippen LogP contribution in [0.1, 0.15) is 35.7 Å². The Morgan fingerprint density at radius 2 is 2.13 bits per heavy atom. The highest BCUT2D eigenvalue weighted by Crippen LogP contribution is 2.30. The number of aryl methyl sites for hydroxylation is 1. The maximum Gasteiger partial charge on any atom is 0.259 e. The van der Waals surface area contributed by atoms with Gasteiger partial charge in [-0.25, -0.2) is 9.50 Å². The number of fused-ring (bicyclic) bond motifs is 1. The minimum absolute atomic E-state index is 0.0244. The minimum atomic E-state index is -0.546. The van der Waals surface area contributed by atoms with E-state index in [1.807, 2.05) is 20.0 Å². The highest BCUT2D eigenvalue weighted by molar-refractivity contribution is 6.00. The molecule has 3 rings (SSSR count). The van der Waals surface area contributed by atoms with Crippen LogP contribution in [0.2, 0.25) is 0 Å². The smallest absolute Gasteiger partial charge is 0.259 e. The molecule has 1 saturated heterocycles. The van der Waals surface area contributed by atoms with Crippen LogP contribution in [-0.2, 0) is 4.79 Å². The summed E-state index contributed by atoms with van der Waals surface area (Å²) in [4.78, 5) is 31.0. The fraction of sp³-hybridized carbons (Fsp3) is 0.500. The normalized spacial score (nSPS) is 21.4. The second kappa shape index (κ2) is 5.64. The number of hydrogen-bond donors (Lipinski definition) is 1. The fourth-order valence-corrected chi connectivity index (χ4v) is 3.19. The van der Waals surface area contributed by atoms with Crippen LogP contribution in [0, 0.1) is 12.3 Å². The van der Waals surface area contributed by atoms with Crippen LogP contribution in [0.15, 0.2) is 18.6 Å². The second-order valence-corrected chi connectivity index (χ2v) is 6.43. The third kappa shape index (κ3) is 2.67. The Hall–Kier alpha value is -2.44. The van der Waals surface area contributed by atoms with Gasteiger partial charge in [-0.1, -0.05) is 0 Å². The van der Waals surface area contributed by atoms with Crippen molar-refractivity contribution >= 4 is 17.5 Å². The van der Waals surface area contributed by atoms with Crippen molar-refractivity contribution in [1.29, 1.82) is 0 Å². The average Bonchev–Trinajstić information content (AvgIpc) is 2.96. The Bertz CT molecular complexity index is 769. The molecule has 122 valence electrons. The number of aromatic nitrogens is 3. The number of amides is 2. The van der Waals surface area contributed by atoms with Crippen molar-refractivity contribution in [3.05, 3.63) is 29.7 Å². The summed E-state index contributed by atoms with van der Waals surface area (Å²) in [5, 5.41) is 6.91. The average molecular weight is 315 g/mol. The summed E-state index contributed by atoms with van der Waals surface area (Å²) < 4.78 is 1.62. The topological polar surface area (TPSA) is 79.6 Å². The molecule has 23 heavy (non-hydrogen) atoms. The molecule has 1 atom stereocenters. The molecule has 0 spiro atoms. The quantitative estimate of drug-likeness (QED) is 0.897. The lowest BCUT2D eigenvalue weighted by molar-refractivity contribution is -0.132. The SMILES string of the molecule is CNC(=O)[C@]1(C)CCCN(C(=O)c2cnn3cc(C)cnc23)C1. The third-order valence-corrected chi connectivity index (χ3v) is 4.47. The number of piperidine rings is 1. The summed E-state index contributed by atoms with van der Waals surface area (Å²) in [6.07, 6.45) is 6.70. The number of nitrogens with zero attached hydrogens (tertiary/aromatic N) is 4. The number of carbonyl (C=O) groups excluding carboxylic acids is 2.